The molecule has 0 fully saturated rings. The Morgan fingerprint density at radius 2 is 1.87 bits per heavy atom. The van der Waals surface area contributed by atoms with Crippen LogP contribution in [0.2, 0.25) is 0 Å². The molecule has 0 unspecified atom stereocenters. The van der Waals surface area contributed by atoms with E-state index in [-0.39, 0.29) is 0 Å². The second kappa shape index (κ2) is 6.62. The van der Waals surface area contributed by atoms with Crippen molar-refractivity contribution in [2.75, 3.05) is 13.2 Å². The summed E-state index contributed by atoms with van der Waals surface area (Å²) < 4.78 is 12.3. The van der Waals surface area contributed by atoms with Crippen molar-refractivity contribution >= 4 is 27.0 Å². The summed E-state index contributed by atoms with van der Waals surface area (Å²) in [6.45, 7) is 7.15. The average Bonchev–Trinajstić information content (AvgIpc) is 2.93. The van der Waals surface area contributed by atoms with E-state index in [4.69, 9.17) is 9.47 Å². The van der Waals surface area contributed by atoms with Crippen LogP contribution in [0.4, 0.5) is 0 Å². The van der Waals surface area contributed by atoms with Gasteiger partial charge in [0.2, 0.25) is 0 Å². The number of halogens is 1. The van der Waals surface area contributed by atoms with Gasteiger partial charge in [-0.3, -0.25) is 0 Å². The van der Waals surface area contributed by atoms with E-state index >= 15 is 0 Å². The molecule has 0 aliphatic carbocycles. The van der Waals surface area contributed by atoms with Crippen LogP contribution in [0.25, 0.3) is 22.4 Å². The number of aryl methyl sites for hydroxylation is 1. The smallest absolute Gasteiger partial charge is 0.175 e. The van der Waals surface area contributed by atoms with Crippen LogP contribution >= 0.6 is 15.9 Å². The van der Waals surface area contributed by atoms with Crippen molar-refractivity contribution < 1.29 is 9.47 Å². The minimum atomic E-state index is 0.579. The van der Waals surface area contributed by atoms with Crippen molar-refractivity contribution in [3.8, 4) is 22.9 Å². The molecule has 0 saturated heterocycles. The van der Waals surface area contributed by atoms with Gasteiger partial charge >= 0.3 is 0 Å². The van der Waals surface area contributed by atoms with Crippen LogP contribution in [-0.4, -0.2) is 23.2 Å². The molecule has 5 heteroatoms. The van der Waals surface area contributed by atoms with E-state index in [9.17, 15) is 0 Å². The molecule has 0 aliphatic heterocycles. The van der Waals surface area contributed by atoms with Gasteiger partial charge in [-0.15, -0.1) is 0 Å². The molecular formula is C18H19BrN2O2. The monoisotopic (exact) mass is 374 g/mol. The van der Waals surface area contributed by atoms with Crippen LogP contribution in [-0.2, 0) is 0 Å². The molecule has 0 atom stereocenters. The molecule has 0 radical (unpaired) electrons. The van der Waals surface area contributed by atoms with Crippen molar-refractivity contribution in [2.24, 2.45) is 0 Å². The van der Waals surface area contributed by atoms with E-state index in [1.807, 2.05) is 32.0 Å². The summed E-state index contributed by atoms with van der Waals surface area (Å²) in [5.74, 6) is 2.26. The second-order valence-electron chi connectivity index (χ2n) is 5.26. The Labute approximate surface area is 144 Å². The summed E-state index contributed by atoms with van der Waals surface area (Å²) in [6, 6.07) is 10.1. The zero-order valence-electron chi connectivity index (χ0n) is 13.4. The highest BCUT2D eigenvalue weighted by Gasteiger charge is 2.15. The Bertz CT molecular complexity index is 842. The molecule has 0 aliphatic rings. The number of benzene rings is 2. The van der Waals surface area contributed by atoms with E-state index in [1.54, 1.807) is 0 Å². The molecule has 1 aromatic heterocycles. The van der Waals surface area contributed by atoms with Gasteiger partial charge in [-0.25, -0.2) is 4.98 Å². The maximum Gasteiger partial charge on any atom is 0.175 e. The van der Waals surface area contributed by atoms with Gasteiger partial charge in [0.05, 0.1) is 28.7 Å². The Hall–Kier alpha value is -2.01. The zero-order valence-corrected chi connectivity index (χ0v) is 15.0. The number of nitrogens with one attached hydrogen (secondary N) is 1. The van der Waals surface area contributed by atoms with E-state index in [1.165, 1.54) is 5.56 Å². The highest BCUT2D eigenvalue weighted by Crippen LogP contribution is 2.39. The lowest BCUT2D eigenvalue weighted by Gasteiger charge is -2.13. The number of aromatic nitrogens is 2. The second-order valence-corrected chi connectivity index (χ2v) is 6.11. The molecule has 3 aromatic rings. The summed E-state index contributed by atoms with van der Waals surface area (Å²) >= 11 is 3.58. The van der Waals surface area contributed by atoms with Gasteiger partial charge in [-0.1, -0.05) is 6.07 Å². The molecule has 1 heterocycles. The lowest BCUT2D eigenvalue weighted by atomic mass is 10.2. The van der Waals surface area contributed by atoms with E-state index < -0.39 is 0 Å². The van der Waals surface area contributed by atoms with Gasteiger partial charge in [0.1, 0.15) is 5.82 Å². The SMILES string of the molecule is CCOc1cc(-c2nc3ccc(C)cc3[nH]2)cc(Br)c1OCC. The highest BCUT2D eigenvalue weighted by molar-refractivity contribution is 9.10. The number of aromatic amines is 1. The third-order valence-corrected chi connectivity index (χ3v) is 4.10. The summed E-state index contributed by atoms with van der Waals surface area (Å²) in [5, 5.41) is 0. The number of nitrogens with zero attached hydrogens (tertiary/aromatic N) is 1. The summed E-state index contributed by atoms with van der Waals surface area (Å²) in [4.78, 5) is 8.04. The van der Waals surface area contributed by atoms with Crippen molar-refractivity contribution in [3.05, 3.63) is 40.4 Å². The number of ether oxygens (including phenoxy) is 2. The van der Waals surface area contributed by atoms with E-state index in [2.05, 4.69) is 45.0 Å². The van der Waals surface area contributed by atoms with Crippen LogP contribution in [0.5, 0.6) is 11.5 Å². The fourth-order valence-corrected chi connectivity index (χ4v) is 3.07. The molecular weight excluding hydrogens is 356 g/mol. The molecule has 2 aromatic carbocycles. The largest absolute Gasteiger partial charge is 0.490 e. The maximum atomic E-state index is 5.73. The standard InChI is InChI=1S/C18H19BrN2O2/c1-4-22-16-10-12(9-13(19)17(16)23-5-2)18-20-14-7-6-11(3)8-15(14)21-18/h6-10H,4-5H2,1-3H3,(H,20,21). The van der Waals surface area contributed by atoms with Crippen LogP contribution < -0.4 is 9.47 Å². The Kier molecular flexibility index (Phi) is 4.57. The molecule has 0 amide bonds. The Balaban J connectivity index is 2.10. The predicted molar refractivity (Wildman–Crippen MR) is 96.3 cm³/mol. The predicted octanol–water partition coefficient (Wildman–Crippen LogP) is 5.10. The molecule has 0 spiro atoms. The zero-order chi connectivity index (χ0) is 16.4. The van der Waals surface area contributed by atoms with Gasteiger partial charge in [-0.2, -0.15) is 0 Å². The molecule has 3 rings (SSSR count). The fourth-order valence-electron chi connectivity index (χ4n) is 2.51. The van der Waals surface area contributed by atoms with E-state index in [0.29, 0.717) is 13.2 Å². The number of rotatable bonds is 5. The molecule has 0 saturated carbocycles. The number of hydrogen-bond acceptors (Lipinski definition) is 3. The fraction of sp³-hybridized carbons (Fsp3) is 0.278. The van der Waals surface area contributed by atoms with Crippen molar-refractivity contribution in [1.82, 2.24) is 9.97 Å². The Morgan fingerprint density at radius 1 is 1.09 bits per heavy atom. The maximum absolute atomic E-state index is 5.73. The van der Waals surface area contributed by atoms with Crippen LogP contribution in [0, 0.1) is 6.92 Å². The van der Waals surface area contributed by atoms with Gasteiger partial charge < -0.3 is 14.5 Å². The van der Waals surface area contributed by atoms with Gasteiger partial charge in [0, 0.05) is 5.56 Å². The summed E-state index contributed by atoms with van der Waals surface area (Å²) in [5.41, 5.74) is 4.14. The topological polar surface area (TPSA) is 47.1 Å². The van der Waals surface area contributed by atoms with Crippen molar-refractivity contribution in [3.63, 3.8) is 0 Å². The van der Waals surface area contributed by atoms with Crippen LogP contribution in [0.1, 0.15) is 19.4 Å². The molecule has 0 bridgehead atoms. The highest BCUT2D eigenvalue weighted by atomic mass is 79.9. The first kappa shape index (κ1) is 15.9. The number of H-pyrrole nitrogens is 1. The number of imidazole rings is 1. The Morgan fingerprint density at radius 3 is 2.61 bits per heavy atom. The molecule has 4 nitrogen and oxygen atoms in total. The lowest BCUT2D eigenvalue weighted by Crippen LogP contribution is -1.99. The van der Waals surface area contributed by atoms with Crippen molar-refractivity contribution in [1.29, 1.82) is 0 Å². The quantitative estimate of drug-likeness (QED) is 0.675. The van der Waals surface area contributed by atoms with Crippen molar-refractivity contribution in [2.45, 2.75) is 20.8 Å². The normalized spacial score (nSPS) is 11.0. The molecule has 120 valence electrons. The van der Waals surface area contributed by atoms with Crippen LogP contribution in [0.15, 0.2) is 34.8 Å². The number of hydrogen-bond donors (Lipinski definition) is 1. The first-order chi connectivity index (χ1) is 11.1. The van der Waals surface area contributed by atoms with Gasteiger partial charge in [-0.05, 0) is 66.5 Å². The molecule has 1 N–H and O–H groups in total. The minimum Gasteiger partial charge on any atom is -0.490 e. The third kappa shape index (κ3) is 3.20. The number of fused-ring (bicyclic) bond motifs is 1. The first-order valence-corrected chi connectivity index (χ1v) is 8.47. The first-order valence-electron chi connectivity index (χ1n) is 7.68. The van der Waals surface area contributed by atoms with Gasteiger partial charge in [0.15, 0.2) is 11.5 Å². The van der Waals surface area contributed by atoms with Gasteiger partial charge in [0.25, 0.3) is 0 Å². The third-order valence-electron chi connectivity index (χ3n) is 3.51. The molecule has 23 heavy (non-hydrogen) atoms. The minimum absolute atomic E-state index is 0.579. The van der Waals surface area contributed by atoms with Crippen LogP contribution in [0.3, 0.4) is 0 Å². The lowest BCUT2D eigenvalue weighted by molar-refractivity contribution is 0.286. The summed E-state index contributed by atoms with van der Waals surface area (Å²) in [6.07, 6.45) is 0. The average molecular weight is 375 g/mol. The van der Waals surface area contributed by atoms with E-state index in [0.717, 1.165) is 38.4 Å². The summed E-state index contributed by atoms with van der Waals surface area (Å²) in [7, 11) is 0.